The monoisotopic (exact) mass is 611 g/mol. The van der Waals surface area contributed by atoms with Crippen molar-refractivity contribution in [1.82, 2.24) is 19.9 Å². The van der Waals surface area contributed by atoms with Gasteiger partial charge in [-0.25, -0.2) is 18.7 Å². The molecule has 5 rings (SSSR count). The molecule has 4 aromatic rings. The fourth-order valence-electron chi connectivity index (χ4n) is 4.55. The minimum Gasteiger partial charge on any atom is -0.515 e. The standard InChI is InChI=1S/C28H26F2N4O3.H2O.Y/c1-28(10-7-17(9-12-35)3-2-4-18(28)16-36)25-15-32-26(34-25)20-13-19(5-6-21(20)29)37-27-22(30)14-24-23(33-27)8-11-31-24;;/h2-6,8,11,13-16,31,35-36H,7,9-10,12H2,1H3,(H,32,34);1H2;/b4-2-,17-3+,18-16-;;. The summed E-state index contributed by atoms with van der Waals surface area (Å²) in [6.45, 7) is 2.03. The predicted molar refractivity (Wildman–Crippen MR) is 140 cm³/mol. The van der Waals surface area contributed by atoms with E-state index >= 15 is 0 Å². The molecule has 1 aliphatic rings. The number of allylic oxidation sites excluding steroid dienone is 4. The maximum atomic E-state index is 14.9. The van der Waals surface area contributed by atoms with E-state index in [1.807, 2.05) is 25.2 Å². The third-order valence-electron chi connectivity index (χ3n) is 6.79. The number of aromatic amines is 2. The largest absolute Gasteiger partial charge is 0.515 e. The maximum Gasteiger partial charge on any atom is 0.256 e. The quantitative estimate of drug-likeness (QED) is 0.212. The number of aliphatic hydroxyl groups is 2. The van der Waals surface area contributed by atoms with Crippen LogP contribution in [0.5, 0.6) is 11.6 Å². The molecular weight excluding hydrogens is 583 g/mol. The van der Waals surface area contributed by atoms with Gasteiger partial charge in [0.15, 0.2) is 5.82 Å². The smallest absolute Gasteiger partial charge is 0.256 e. The Bertz CT molecular complexity index is 1550. The Morgan fingerprint density at radius 1 is 1.18 bits per heavy atom. The van der Waals surface area contributed by atoms with Gasteiger partial charge in [-0.2, -0.15) is 0 Å². The second-order valence-corrected chi connectivity index (χ2v) is 9.15. The molecule has 3 aromatic heterocycles. The van der Waals surface area contributed by atoms with Gasteiger partial charge in [0, 0.05) is 68.9 Å². The number of rotatable bonds is 6. The number of hydrogen-bond acceptors (Lipinski definition) is 5. The van der Waals surface area contributed by atoms with E-state index in [9.17, 15) is 19.0 Å². The number of H-pyrrole nitrogens is 2. The first-order valence-corrected chi connectivity index (χ1v) is 11.9. The third-order valence-corrected chi connectivity index (χ3v) is 6.79. The molecule has 201 valence electrons. The number of halogens is 2. The van der Waals surface area contributed by atoms with Crippen LogP contribution in [0.25, 0.3) is 22.4 Å². The van der Waals surface area contributed by atoms with Gasteiger partial charge in [-0.1, -0.05) is 23.8 Å². The molecule has 0 spiro atoms. The van der Waals surface area contributed by atoms with E-state index in [0.29, 0.717) is 41.6 Å². The van der Waals surface area contributed by atoms with Crippen LogP contribution in [0.15, 0.2) is 78.4 Å². The van der Waals surface area contributed by atoms with Crippen LogP contribution in [-0.4, -0.2) is 42.2 Å². The van der Waals surface area contributed by atoms with Crippen LogP contribution in [0.3, 0.4) is 0 Å². The summed E-state index contributed by atoms with van der Waals surface area (Å²) in [5.41, 5.74) is 3.04. The van der Waals surface area contributed by atoms with Gasteiger partial charge in [-0.15, -0.1) is 0 Å². The number of hydrogen-bond donors (Lipinski definition) is 4. The van der Waals surface area contributed by atoms with Crippen LogP contribution >= 0.6 is 0 Å². The Labute approximate surface area is 248 Å². The van der Waals surface area contributed by atoms with Crippen molar-refractivity contribution in [2.24, 2.45) is 0 Å². The number of fused-ring (bicyclic) bond motifs is 1. The van der Waals surface area contributed by atoms with E-state index < -0.39 is 17.0 Å². The summed E-state index contributed by atoms with van der Waals surface area (Å²) in [4.78, 5) is 14.7. The maximum absolute atomic E-state index is 14.9. The van der Waals surface area contributed by atoms with Gasteiger partial charge in [0.2, 0.25) is 0 Å². The molecule has 1 aliphatic carbocycles. The van der Waals surface area contributed by atoms with E-state index in [-0.39, 0.29) is 67.8 Å². The fourth-order valence-corrected chi connectivity index (χ4v) is 4.55. The molecule has 0 amide bonds. The average molecular weight is 611 g/mol. The second-order valence-electron chi connectivity index (χ2n) is 9.15. The minimum absolute atomic E-state index is 0. The zero-order valence-electron chi connectivity index (χ0n) is 21.2. The van der Waals surface area contributed by atoms with E-state index in [2.05, 4.69) is 19.9 Å². The molecule has 1 aromatic carbocycles. The molecule has 1 atom stereocenters. The summed E-state index contributed by atoms with van der Waals surface area (Å²) in [5.74, 6) is -0.933. The molecule has 1 unspecified atom stereocenters. The number of pyridine rings is 1. The summed E-state index contributed by atoms with van der Waals surface area (Å²) in [6.07, 6.45) is 11.9. The molecule has 11 heteroatoms. The molecule has 0 fully saturated rings. The summed E-state index contributed by atoms with van der Waals surface area (Å²) in [6, 6.07) is 7.05. The number of nitrogens with zero attached hydrogens (tertiary/aromatic N) is 2. The fraction of sp³-hybridized carbons (Fsp3) is 0.214. The van der Waals surface area contributed by atoms with Gasteiger partial charge in [0.1, 0.15) is 17.4 Å². The van der Waals surface area contributed by atoms with Crippen LogP contribution in [-0.2, 0) is 38.1 Å². The number of benzene rings is 1. The van der Waals surface area contributed by atoms with E-state index in [0.717, 1.165) is 11.8 Å². The second kappa shape index (κ2) is 12.8. The van der Waals surface area contributed by atoms with Crippen LogP contribution in [0.4, 0.5) is 8.78 Å². The van der Waals surface area contributed by atoms with Crippen LogP contribution in [0.1, 0.15) is 31.9 Å². The zero-order valence-corrected chi connectivity index (χ0v) is 24.0. The van der Waals surface area contributed by atoms with Crippen molar-refractivity contribution >= 4 is 11.0 Å². The van der Waals surface area contributed by atoms with Crippen molar-refractivity contribution in [2.45, 2.75) is 31.6 Å². The Morgan fingerprint density at radius 3 is 2.77 bits per heavy atom. The third kappa shape index (κ3) is 6.19. The van der Waals surface area contributed by atoms with Crippen LogP contribution < -0.4 is 4.74 Å². The van der Waals surface area contributed by atoms with Crippen LogP contribution in [0, 0.1) is 11.6 Å². The van der Waals surface area contributed by atoms with Crippen molar-refractivity contribution in [3.05, 3.63) is 95.7 Å². The van der Waals surface area contributed by atoms with E-state index in [1.54, 1.807) is 18.5 Å². The summed E-state index contributed by atoms with van der Waals surface area (Å²) in [7, 11) is 0. The summed E-state index contributed by atoms with van der Waals surface area (Å²) in [5, 5.41) is 19.3. The van der Waals surface area contributed by atoms with Crippen molar-refractivity contribution in [1.29, 1.82) is 0 Å². The predicted octanol–water partition coefficient (Wildman–Crippen LogP) is 5.55. The Balaban J connectivity index is 0.00000210. The van der Waals surface area contributed by atoms with Gasteiger partial charge in [0.25, 0.3) is 5.88 Å². The molecule has 0 bridgehead atoms. The number of aliphatic hydroxyl groups excluding tert-OH is 2. The molecule has 0 saturated carbocycles. The normalized spacial score (nSPS) is 20.3. The molecule has 39 heavy (non-hydrogen) atoms. The summed E-state index contributed by atoms with van der Waals surface area (Å²) >= 11 is 0. The zero-order chi connectivity index (χ0) is 26.0. The number of aromatic nitrogens is 4. The number of nitrogens with one attached hydrogen (secondary N) is 2. The van der Waals surface area contributed by atoms with Gasteiger partial charge >= 0.3 is 0 Å². The first-order valence-electron chi connectivity index (χ1n) is 11.9. The minimum atomic E-state index is -0.649. The van der Waals surface area contributed by atoms with Crippen molar-refractivity contribution in [3.8, 4) is 23.0 Å². The van der Waals surface area contributed by atoms with Gasteiger partial charge in [-0.3, -0.25) is 0 Å². The average Bonchev–Trinajstić information content (AvgIpc) is 3.55. The molecule has 0 aliphatic heterocycles. The molecule has 1 radical (unpaired) electrons. The van der Waals surface area contributed by atoms with E-state index in [4.69, 9.17) is 4.74 Å². The SMILES string of the molecule is CC1(c2cnc(-c3cc(Oc4nc5cc[nH]c5cc4F)ccc3F)[nH]2)CC\C(CCO)=C/C=C\C1=C\O.O.[Y]. The molecule has 8 nitrogen and oxygen atoms in total. The first-order chi connectivity index (χ1) is 17.9. The van der Waals surface area contributed by atoms with Gasteiger partial charge in [-0.05, 0) is 56.0 Å². The van der Waals surface area contributed by atoms with E-state index in [1.165, 1.54) is 24.3 Å². The molecular formula is C28H28F2N4O4Y. The Morgan fingerprint density at radius 2 is 2.00 bits per heavy atom. The molecule has 6 N–H and O–H groups in total. The Hall–Kier alpha value is -3.18. The van der Waals surface area contributed by atoms with Gasteiger partial charge in [0.05, 0.1) is 22.9 Å². The van der Waals surface area contributed by atoms with Crippen molar-refractivity contribution < 1.29 is 61.9 Å². The summed E-state index contributed by atoms with van der Waals surface area (Å²) < 4.78 is 35.0. The van der Waals surface area contributed by atoms with Crippen molar-refractivity contribution in [2.75, 3.05) is 6.61 Å². The van der Waals surface area contributed by atoms with Gasteiger partial charge < -0.3 is 30.4 Å². The Kier molecular flexibility index (Phi) is 9.95. The topological polar surface area (TPSA) is 139 Å². The molecule has 3 heterocycles. The van der Waals surface area contributed by atoms with Crippen molar-refractivity contribution in [3.63, 3.8) is 0 Å². The van der Waals surface area contributed by atoms with Crippen LogP contribution in [0.2, 0.25) is 0 Å². The first kappa shape index (κ1) is 30.4. The molecule has 0 saturated heterocycles. The number of imidazole rings is 1. The number of ether oxygens (including phenoxy) is 1.